The van der Waals surface area contributed by atoms with Crippen molar-refractivity contribution in [2.75, 3.05) is 12.4 Å². The minimum Gasteiger partial charge on any atom is -0.480 e. The summed E-state index contributed by atoms with van der Waals surface area (Å²) in [4.78, 5) is 33.9. The fraction of sp³-hybridized carbons (Fsp3) is 0.308. The smallest absolute Gasteiger partial charge is 0.326 e. The zero-order valence-electron chi connectivity index (χ0n) is 11.3. The molecule has 114 valence electrons. The Bertz CT molecular complexity index is 535. The van der Waals surface area contributed by atoms with Gasteiger partial charge in [0, 0.05) is 9.99 Å². The number of esters is 1. The molecule has 0 aliphatic carbocycles. The van der Waals surface area contributed by atoms with E-state index in [1.807, 2.05) is 12.1 Å². The number of methoxy groups -OCH3 is 1. The molecule has 0 radical (unpaired) electrons. The molecule has 2 amide bonds. The molecule has 1 atom stereocenters. The molecule has 0 aliphatic heterocycles. The third kappa shape index (κ3) is 5.98. The molecule has 0 aliphatic rings. The predicted octanol–water partition coefficient (Wildman–Crippen LogP) is 1.82. The van der Waals surface area contributed by atoms with Gasteiger partial charge in [-0.15, -0.1) is 0 Å². The van der Waals surface area contributed by atoms with E-state index in [-0.39, 0.29) is 12.8 Å². The van der Waals surface area contributed by atoms with Gasteiger partial charge in [0.15, 0.2) is 0 Å². The van der Waals surface area contributed by atoms with Crippen LogP contribution in [0.5, 0.6) is 0 Å². The lowest BCUT2D eigenvalue weighted by atomic mass is 10.1. The first-order valence-electron chi connectivity index (χ1n) is 6.05. The lowest BCUT2D eigenvalue weighted by Gasteiger charge is -2.15. The highest BCUT2D eigenvalue weighted by molar-refractivity contribution is 14.1. The quantitative estimate of drug-likeness (QED) is 0.494. The van der Waals surface area contributed by atoms with Crippen LogP contribution in [0.2, 0.25) is 0 Å². The molecule has 0 bridgehead atoms. The van der Waals surface area contributed by atoms with Crippen LogP contribution in [0.15, 0.2) is 24.3 Å². The third-order valence-electron chi connectivity index (χ3n) is 2.59. The van der Waals surface area contributed by atoms with Gasteiger partial charge in [0.1, 0.15) is 6.04 Å². The number of carbonyl (C=O) groups excluding carboxylic acids is 2. The molecule has 0 spiro atoms. The summed E-state index contributed by atoms with van der Waals surface area (Å²) in [7, 11) is 1.22. The SMILES string of the molecule is COC(=O)CC[C@H](NC(=O)Nc1ccccc1I)C(=O)O. The van der Waals surface area contributed by atoms with Crippen molar-refractivity contribution in [2.24, 2.45) is 0 Å². The van der Waals surface area contributed by atoms with Gasteiger partial charge in [0.25, 0.3) is 0 Å². The molecule has 21 heavy (non-hydrogen) atoms. The van der Waals surface area contributed by atoms with Gasteiger partial charge in [-0.25, -0.2) is 9.59 Å². The number of halogens is 1. The van der Waals surface area contributed by atoms with Gasteiger partial charge in [0.2, 0.25) is 0 Å². The van der Waals surface area contributed by atoms with E-state index in [0.29, 0.717) is 5.69 Å². The fourth-order valence-corrected chi connectivity index (χ4v) is 2.02. The van der Waals surface area contributed by atoms with Crippen molar-refractivity contribution in [1.82, 2.24) is 5.32 Å². The van der Waals surface area contributed by atoms with E-state index < -0.39 is 24.0 Å². The molecular weight excluding hydrogens is 391 g/mol. The van der Waals surface area contributed by atoms with Crippen molar-refractivity contribution in [3.63, 3.8) is 0 Å². The molecule has 0 aromatic heterocycles. The second-order valence-electron chi connectivity index (χ2n) is 4.08. The zero-order valence-corrected chi connectivity index (χ0v) is 13.4. The van der Waals surface area contributed by atoms with Crippen molar-refractivity contribution < 1.29 is 24.2 Å². The molecule has 7 nitrogen and oxygen atoms in total. The van der Waals surface area contributed by atoms with Crippen LogP contribution in [0.1, 0.15) is 12.8 Å². The fourth-order valence-electron chi connectivity index (χ4n) is 1.50. The summed E-state index contributed by atoms with van der Waals surface area (Å²) in [5, 5.41) is 13.9. The van der Waals surface area contributed by atoms with Gasteiger partial charge in [-0.05, 0) is 41.1 Å². The number of rotatable bonds is 6. The molecule has 1 aromatic carbocycles. The predicted molar refractivity (Wildman–Crippen MR) is 84.0 cm³/mol. The van der Waals surface area contributed by atoms with Crippen molar-refractivity contribution >= 4 is 46.2 Å². The van der Waals surface area contributed by atoms with Crippen LogP contribution < -0.4 is 10.6 Å². The number of urea groups is 1. The Morgan fingerprint density at radius 2 is 2.00 bits per heavy atom. The number of aliphatic carboxylic acids is 1. The number of hydrogen-bond acceptors (Lipinski definition) is 4. The number of para-hydroxylation sites is 1. The molecule has 0 unspecified atom stereocenters. The number of ether oxygens (including phenoxy) is 1. The van der Waals surface area contributed by atoms with Crippen LogP contribution in [-0.2, 0) is 14.3 Å². The van der Waals surface area contributed by atoms with Gasteiger partial charge in [0.05, 0.1) is 12.8 Å². The van der Waals surface area contributed by atoms with E-state index in [1.165, 1.54) is 7.11 Å². The summed E-state index contributed by atoms with van der Waals surface area (Å²) in [5.74, 6) is -1.74. The zero-order chi connectivity index (χ0) is 15.8. The summed E-state index contributed by atoms with van der Waals surface area (Å²) in [6.07, 6.45) is -0.127. The second-order valence-corrected chi connectivity index (χ2v) is 5.25. The van der Waals surface area contributed by atoms with Crippen LogP contribution in [0, 0.1) is 3.57 Å². The number of benzene rings is 1. The maximum atomic E-state index is 11.8. The molecule has 0 fully saturated rings. The number of hydrogen-bond donors (Lipinski definition) is 3. The number of amides is 2. The molecule has 8 heteroatoms. The number of anilines is 1. The highest BCUT2D eigenvalue weighted by Gasteiger charge is 2.21. The molecule has 1 rings (SSSR count). The highest BCUT2D eigenvalue weighted by atomic mass is 127. The molecule has 3 N–H and O–H groups in total. The first kappa shape index (κ1) is 17.2. The Labute approximate surface area is 135 Å². The maximum absolute atomic E-state index is 11.8. The Balaban J connectivity index is 2.58. The van der Waals surface area contributed by atoms with Crippen LogP contribution in [0.25, 0.3) is 0 Å². The number of carbonyl (C=O) groups is 3. The topological polar surface area (TPSA) is 105 Å². The van der Waals surface area contributed by atoms with E-state index in [1.54, 1.807) is 12.1 Å². The molecular formula is C13H15IN2O5. The summed E-state index contributed by atoms with van der Waals surface area (Å²) >= 11 is 2.05. The average Bonchev–Trinajstić information content (AvgIpc) is 2.45. The number of carboxylic acid groups (broad SMARTS) is 1. The molecule has 0 saturated carbocycles. The Morgan fingerprint density at radius 3 is 2.57 bits per heavy atom. The van der Waals surface area contributed by atoms with Crippen LogP contribution in [0.4, 0.5) is 10.5 Å². The first-order chi connectivity index (χ1) is 9.93. The van der Waals surface area contributed by atoms with Crippen molar-refractivity contribution in [2.45, 2.75) is 18.9 Å². The van der Waals surface area contributed by atoms with Crippen molar-refractivity contribution in [3.05, 3.63) is 27.8 Å². The monoisotopic (exact) mass is 406 g/mol. The van der Waals surface area contributed by atoms with E-state index in [4.69, 9.17) is 5.11 Å². The summed E-state index contributed by atoms with van der Waals surface area (Å²) in [6.45, 7) is 0. The molecule has 0 saturated heterocycles. The van der Waals surface area contributed by atoms with Gasteiger partial charge in [-0.3, -0.25) is 4.79 Å². The van der Waals surface area contributed by atoms with Gasteiger partial charge >= 0.3 is 18.0 Å². The van der Waals surface area contributed by atoms with E-state index in [2.05, 4.69) is 38.0 Å². The van der Waals surface area contributed by atoms with Crippen molar-refractivity contribution in [3.8, 4) is 0 Å². The van der Waals surface area contributed by atoms with Crippen molar-refractivity contribution in [1.29, 1.82) is 0 Å². The lowest BCUT2D eigenvalue weighted by molar-refractivity contribution is -0.142. The Morgan fingerprint density at radius 1 is 1.33 bits per heavy atom. The normalized spacial score (nSPS) is 11.3. The molecule has 1 aromatic rings. The van der Waals surface area contributed by atoms with Gasteiger partial charge in [-0.1, -0.05) is 12.1 Å². The highest BCUT2D eigenvalue weighted by Crippen LogP contribution is 2.16. The van der Waals surface area contributed by atoms with Crippen LogP contribution >= 0.6 is 22.6 Å². The largest absolute Gasteiger partial charge is 0.480 e. The number of nitrogens with one attached hydrogen (secondary N) is 2. The van der Waals surface area contributed by atoms with E-state index in [9.17, 15) is 14.4 Å². The van der Waals surface area contributed by atoms with Gasteiger partial charge in [-0.2, -0.15) is 0 Å². The minimum atomic E-state index is -1.21. The average molecular weight is 406 g/mol. The first-order valence-corrected chi connectivity index (χ1v) is 7.13. The van der Waals surface area contributed by atoms with Gasteiger partial charge < -0.3 is 20.5 Å². The summed E-state index contributed by atoms with van der Waals surface area (Å²) < 4.78 is 5.26. The standard InChI is InChI=1S/C13H15IN2O5/c1-21-11(17)7-6-10(12(18)19)16-13(20)15-9-5-3-2-4-8(9)14/h2-5,10H,6-7H2,1H3,(H,18,19)(H2,15,16,20)/t10-/m0/s1. The Hall–Kier alpha value is -1.84. The summed E-state index contributed by atoms with van der Waals surface area (Å²) in [5.41, 5.74) is 0.577. The molecule has 0 heterocycles. The third-order valence-corrected chi connectivity index (χ3v) is 3.53. The van der Waals surface area contributed by atoms with E-state index in [0.717, 1.165) is 3.57 Å². The van der Waals surface area contributed by atoms with Crippen LogP contribution in [0.3, 0.4) is 0 Å². The maximum Gasteiger partial charge on any atom is 0.326 e. The number of carboxylic acids is 1. The minimum absolute atomic E-state index is 0.0404. The lowest BCUT2D eigenvalue weighted by Crippen LogP contribution is -2.43. The Kier molecular flexibility index (Phi) is 6.92. The second kappa shape index (κ2) is 8.45. The summed E-state index contributed by atoms with van der Waals surface area (Å²) in [6, 6.07) is 5.28. The van der Waals surface area contributed by atoms with Crippen LogP contribution in [-0.4, -0.2) is 36.2 Å². The van der Waals surface area contributed by atoms with E-state index >= 15 is 0 Å².